The van der Waals surface area contributed by atoms with Crippen LogP contribution in [-0.4, -0.2) is 37.4 Å². The molecule has 0 radical (unpaired) electrons. The van der Waals surface area contributed by atoms with Crippen molar-refractivity contribution >= 4 is 5.97 Å². The number of benzene rings is 2. The molecule has 3 aromatic rings. The fourth-order valence-electron chi connectivity index (χ4n) is 3.34. The second-order valence-electron chi connectivity index (χ2n) is 8.52. The Balaban J connectivity index is 1.57. The van der Waals surface area contributed by atoms with E-state index in [-0.39, 0.29) is 18.0 Å². The van der Waals surface area contributed by atoms with Crippen LogP contribution in [0.25, 0.3) is 0 Å². The largest absolute Gasteiger partial charge is 0.573 e. The number of hydrogen-bond donors (Lipinski definition) is 1. The first kappa shape index (κ1) is 25.9. The third-order valence-electron chi connectivity index (χ3n) is 5.30. The van der Waals surface area contributed by atoms with Crippen LogP contribution in [0.4, 0.5) is 13.2 Å². The first-order valence-corrected chi connectivity index (χ1v) is 10.8. The number of carboxylic acids is 1. The molecule has 0 unspecified atom stereocenters. The molecule has 0 saturated heterocycles. The van der Waals surface area contributed by atoms with Gasteiger partial charge in [-0.15, -0.1) is 13.2 Å². The van der Waals surface area contributed by atoms with Crippen molar-refractivity contribution in [1.29, 1.82) is 0 Å². The number of nitrogens with zero attached hydrogens (tertiary/aromatic N) is 3. The molecule has 0 aliphatic heterocycles. The molecular formula is C24H26F3N3O5. The molecule has 0 amide bonds. The average Bonchev–Trinajstić information content (AvgIpc) is 3.03. The molecule has 0 fully saturated rings. The second-order valence-corrected chi connectivity index (χ2v) is 8.52. The van der Waals surface area contributed by atoms with Crippen molar-refractivity contribution in [3.8, 4) is 11.5 Å². The number of halogens is 3. The van der Waals surface area contributed by atoms with Crippen molar-refractivity contribution in [2.24, 2.45) is 7.05 Å². The fourth-order valence-corrected chi connectivity index (χ4v) is 3.34. The standard InChI is InChI=1S/C24H26F3N3O5/c1-23(2,21(31)32)34-18-11-7-16(8-12-18)5-4-6-20-28-30(22(33)29(20)3)15-17-9-13-19(14-10-17)35-24(25,26)27/h7-14H,4-6,15H2,1-3H3,(H,31,32). The summed E-state index contributed by atoms with van der Waals surface area (Å²) in [6.45, 7) is 3.07. The SMILES string of the molecule is Cn1c(CCCc2ccc(OC(C)(C)C(=O)O)cc2)nn(Cc2ccc(OC(F)(F)F)cc2)c1=O. The number of aryl methyl sites for hydroxylation is 2. The number of hydrogen-bond acceptors (Lipinski definition) is 5. The van der Waals surface area contributed by atoms with Crippen LogP contribution < -0.4 is 15.2 Å². The zero-order valence-electron chi connectivity index (χ0n) is 19.5. The quantitative estimate of drug-likeness (QED) is 0.460. The lowest BCUT2D eigenvalue weighted by Gasteiger charge is -2.21. The van der Waals surface area contributed by atoms with E-state index in [1.54, 1.807) is 19.2 Å². The van der Waals surface area contributed by atoms with Crippen molar-refractivity contribution < 1.29 is 32.5 Å². The highest BCUT2D eigenvalue weighted by atomic mass is 19.4. The number of aromatic nitrogens is 3. The normalized spacial score (nSPS) is 11.9. The van der Waals surface area contributed by atoms with Crippen LogP contribution in [0.5, 0.6) is 11.5 Å². The molecule has 188 valence electrons. The summed E-state index contributed by atoms with van der Waals surface area (Å²) >= 11 is 0. The van der Waals surface area contributed by atoms with Crippen LogP contribution in [0.15, 0.2) is 53.3 Å². The highest BCUT2D eigenvalue weighted by Gasteiger charge is 2.31. The summed E-state index contributed by atoms with van der Waals surface area (Å²) in [6, 6.07) is 12.4. The first-order valence-electron chi connectivity index (χ1n) is 10.8. The summed E-state index contributed by atoms with van der Waals surface area (Å²) in [4.78, 5) is 23.7. The predicted octanol–water partition coefficient (Wildman–Crippen LogP) is 3.95. The minimum Gasteiger partial charge on any atom is -0.478 e. The van der Waals surface area contributed by atoms with Gasteiger partial charge in [0.2, 0.25) is 0 Å². The lowest BCUT2D eigenvalue weighted by atomic mass is 10.1. The molecule has 35 heavy (non-hydrogen) atoms. The van der Waals surface area contributed by atoms with Gasteiger partial charge in [0, 0.05) is 13.5 Å². The summed E-state index contributed by atoms with van der Waals surface area (Å²) in [7, 11) is 1.62. The molecule has 2 aromatic carbocycles. The van der Waals surface area contributed by atoms with Gasteiger partial charge in [-0.3, -0.25) is 4.57 Å². The molecule has 0 aliphatic rings. The summed E-state index contributed by atoms with van der Waals surface area (Å²) in [6.07, 6.45) is -2.79. The third-order valence-corrected chi connectivity index (χ3v) is 5.30. The second kappa shape index (κ2) is 10.2. The van der Waals surface area contributed by atoms with E-state index < -0.39 is 17.9 Å². The van der Waals surface area contributed by atoms with Gasteiger partial charge in [0.25, 0.3) is 0 Å². The average molecular weight is 493 g/mol. The van der Waals surface area contributed by atoms with E-state index in [2.05, 4.69) is 9.84 Å². The molecule has 0 atom stereocenters. The minimum absolute atomic E-state index is 0.118. The molecule has 0 aliphatic carbocycles. The summed E-state index contributed by atoms with van der Waals surface area (Å²) < 4.78 is 49.0. The van der Waals surface area contributed by atoms with Crippen molar-refractivity contribution in [2.75, 3.05) is 0 Å². The van der Waals surface area contributed by atoms with Crippen LogP contribution in [0, 0.1) is 0 Å². The Hall–Kier alpha value is -3.76. The summed E-state index contributed by atoms with van der Waals surface area (Å²) in [5.74, 6) is -0.338. The number of alkyl halides is 3. The van der Waals surface area contributed by atoms with E-state index in [9.17, 15) is 22.8 Å². The number of ether oxygens (including phenoxy) is 2. The van der Waals surface area contributed by atoms with Gasteiger partial charge in [-0.2, -0.15) is 5.10 Å². The van der Waals surface area contributed by atoms with Crippen LogP contribution in [0.1, 0.15) is 37.2 Å². The highest BCUT2D eigenvalue weighted by molar-refractivity contribution is 5.76. The number of aliphatic carboxylic acids is 1. The predicted molar refractivity (Wildman–Crippen MR) is 121 cm³/mol. The van der Waals surface area contributed by atoms with Gasteiger partial charge in [0.15, 0.2) is 5.60 Å². The zero-order valence-corrected chi connectivity index (χ0v) is 19.5. The van der Waals surface area contributed by atoms with Gasteiger partial charge < -0.3 is 14.6 Å². The van der Waals surface area contributed by atoms with Gasteiger partial charge in [0.1, 0.15) is 17.3 Å². The number of rotatable bonds is 10. The van der Waals surface area contributed by atoms with Gasteiger partial charge in [-0.1, -0.05) is 24.3 Å². The van der Waals surface area contributed by atoms with E-state index in [4.69, 9.17) is 9.84 Å². The lowest BCUT2D eigenvalue weighted by Crippen LogP contribution is -2.37. The highest BCUT2D eigenvalue weighted by Crippen LogP contribution is 2.23. The third kappa shape index (κ3) is 7.11. The summed E-state index contributed by atoms with van der Waals surface area (Å²) in [5.41, 5.74) is -0.0156. The molecule has 1 N–H and O–H groups in total. The van der Waals surface area contributed by atoms with Crippen LogP contribution in [0.3, 0.4) is 0 Å². The molecule has 0 spiro atoms. The van der Waals surface area contributed by atoms with Gasteiger partial charge in [-0.25, -0.2) is 14.3 Å². The Morgan fingerprint density at radius 2 is 1.49 bits per heavy atom. The lowest BCUT2D eigenvalue weighted by molar-refractivity contribution is -0.274. The Labute approximate surface area is 199 Å². The monoisotopic (exact) mass is 493 g/mol. The molecule has 8 nitrogen and oxygen atoms in total. The smallest absolute Gasteiger partial charge is 0.478 e. The maximum absolute atomic E-state index is 12.5. The fraction of sp³-hybridized carbons (Fsp3) is 0.375. The van der Waals surface area contributed by atoms with E-state index in [0.717, 1.165) is 5.56 Å². The van der Waals surface area contributed by atoms with E-state index in [1.807, 2.05) is 12.1 Å². The molecule has 11 heteroatoms. The van der Waals surface area contributed by atoms with Gasteiger partial charge in [0.05, 0.1) is 6.54 Å². The Morgan fingerprint density at radius 3 is 2.03 bits per heavy atom. The van der Waals surface area contributed by atoms with Crippen LogP contribution in [-0.2, 0) is 31.2 Å². The van der Waals surface area contributed by atoms with Crippen molar-refractivity contribution in [2.45, 2.75) is 51.6 Å². The van der Waals surface area contributed by atoms with Gasteiger partial charge in [-0.05, 0) is 62.1 Å². The Bertz CT molecular complexity index is 1210. The molecule has 0 saturated carbocycles. The molecular weight excluding hydrogens is 467 g/mol. The maximum atomic E-state index is 12.5. The van der Waals surface area contributed by atoms with Crippen LogP contribution >= 0.6 is 0 Å². The van der Waals surface area contributed by atoms with Crippen molar-refractivity contribution in [3.63, 3.8) is 0 Å². The van der Waals surface area contributed by atoms with E-state index in [1.165, 1.54) is 47.4 Å². The number of carboxylic acid groups (broad SMARTS) is 1. The molecule has 1 aromatic heterocycles. The van der Waals surface area contributed by atoms with Gasteiger partial charge >= 0.3 is 18.0 Å². The molecule has 0 bridgehead atoms. The zero-order chi connectivity index (χ0) is 25.8. The minimum atomic E-state index is -4.76. The Morgan fingerprint density at radius 1 is 0.943 bits per heavy atom. The molecule has 3 rings (SSSR count). The van der Waals surface area contributed by atoms with Crippen LogP contribution in [0.2, 0.25) is 0 Å². The summed E-state index contributed by atoms with van der Waals surface area (Å²) in [5, 5.41) is 13.5. The Kier molecular flexibility index (Phi) is 7.57. The van der Waals surface area contributed by atoms with E-state index in [0.29, 0.717) is 36.4 Å². The first-order chi connectivity index (χ1) is 16.3. The topological polar surface area (TPSA) is 95.6 Å². The van der Waals surface area contributed by atoms with Crippen molar-refractivity contribution in [3.05, 3.63) is 76.0 Å². The maximum Gasteiger partial charge on any atom is 0.573 e. The molecule has 1 heterocycles. The number of carbonyl (C=O) groups is 1. The van der Waals surface area contributed by atoms with Crippen molar-refractivity contribution in [1.82, 2.24) is 14.3 Å². The van der Waals surface area contributed by atoms with E-state index >= 15 is 0 Å².